The molecule has 21 heavy (non-hydrogen) atoms. The average molecular weight is 315 g/mol. The third-order valence-electron chi connectivity index (χ3n) is 3.15. The molecule has 0 radical (unpaired) electrons. The summed E-state index contributed by atoms with van der Waals surface area (Å²) < 4.78 is 10.7. The molecule has 2 N–H and O–H groups in total. The zero-order valence-electron chi connectivity index (χ0n) is 12.3. The van der Waals surface area contributed by atoms with E-state index < -0.39 is 0 Å². The predicted octanol–water partition coefficient (Wildman–Crippen LogP) is 1.50. The van der Waals surface area contributed by atoms with Gasteiger partial charge in [-0.15, -0.1) is 12.4 Å². The molecule has 5 nitrogen and oxygen atoms in total. The highest BCUT2D eigenvalue weighted by Crippen LogP contribution is 2.11. The second kappa shape index (κ2) is 9.60. The first-order valence-electron chi connectivity index (χ1n) is 7.07. The van der Waals surface area contributed by atoms with E-state index in [4.69, 9.17) is 9.47 Å². The number of rotatable bonds is 6. The molecule has 0 spiro atoms. The van der Waals surface area contributed by atoms with Crippen LogP contribution >= 0.6 is 12.4 Å². The van der Waals surface area contributed by atoms with Gasteiger partial charge in [-0.1, -0.05) is 12.1 Å². The highest BCUT2D eigenvalue weighted by atomic mass is 35.5. The predicted molar refractivity (Wildman–Crippen MR) is 83.9 cm³/mol. The molecule has 1 aromatic rings. The number of ether oxygens (including phenoxy) is 2. The summed E-state index contributed by atoms with van der Waals surface area (Å²) in [6.45, 7) is 5.31. The van der Waals surface area contributed by atoms with E-state index in [9.17, 15) is 4.79 Å². The highest BCUT2D eigenvalue weighted by molar-refractivity contribution is 5.85. The molecule has 1 aliphatic heterocycles. The molecule has 0 bridgehead atoms. The van der Waals surface area contributed by atoms with Crippen LogP contribution in [0.4, 0.5) is 0 Å². The van der Waals surface area contributed by atoms with Gasteiger partial charge in [0.1, 0.15) is 5.75 Å². The fourth-order valence-electron chi connectivity index (χ4n) is 2.12. The first-order chi connectivity index (χ1) is 9.78. The Hall–Kier alpha value is -1.30. The summed E-state index contributed by atoms with van der Waals surface area (Å²) in [7, 11) is 0. The van der Waals surface area contributed by atoms with Gasteiger partial charge in [-0.2, -0.15) is 0 Å². The summed E-state index contributed by atoms with van der Waals surface area (Å²) in [5.41, 5.74) is 1.06. The molecular formula is C15H23ClN2O3. The van der Waals surface area contributed by atoms with E-state index in [1.54, 1.807) is 0 Å². The third kappa shape index (κ3) is 6.33. The maximum Gasteiger partial charge on any atom is 0.221 e. The Labute approximate surface area is 131 Å². The van der Waals surface area contributed by atoms with Crippen molar-refractivity contribution >= 4 is 18.3 Å². The monoisotopic (exact) mass is 314 g/mol. The van der Waals surface area contributed by atoms with Gasteiger partial charge in [0.05, 0.1) is 19.8 Å². The van der Waals surface area contributed by atoms with E-state index in [1.807, 2.05) is 31.2 Å². The number of morpholine rings is 1. The number of hydrogen-bond donors (Lipinski definition) is 2. The van der Waals surface area contributed by atoms with Crippen molar-refractivity contribution in [3.63, 3.8) is 0 Å². The zero-order valence-corrected chi connectivity index (χ0v) is 13.1. The first-order valence-corrected chi connectivity index (χ1v) is 7.07. The third-order valence-corrected chi connectivity index (χ3v) is 3.15. The number of benzene rings is 1. The molecule has 1 unspecified atom stereocenters. The molecule has 1 atom stereocenters. The molecule has 2 rings (SSSR count). The van der Waals surface area contributed by atoms with E-state index in [0.29, 0.717) is 26.2 Å². The Morgan fingerprint density at radius 2 is 2.19 bits per heavy atom. The number of carbonyl (C=O) groups is 1. The smallest absolute Gasteiger partial charge is 0.221 e. The summed E-state index contributed by atoms with van der Waals surface area (Å²) in [5.74, 6) is 0.896. The van der Waals surface area contributed by atoms with Gasteiger partial charge in [0.2, 0.25) is 5.91 Å². The molecule has 1 saturated heterocycles. The van der Waals surface area contributed by atoms with E-state index >= 15 is 0 Å². The van der Waals surface area contributed by atoms with Gasteiger partial charge < -0.3 is 20.1 Å². The second-order valence-electron chi connectivity index (χ2n) is 4.78. The van der Waals surface area contributed by atoms with Gasteiger partial charge in [-0.3, -0.25) is 4.79 Å². The Morgan fingerprint density at radius 1 is 1.43 bits per heavy atom. The van der Waals surface area contributed by atoms with Crippen LogP contribution in [0.3, 0.4) is 0 Å². The number of hydrogen-bond acceptors (Lipinski definition) is 4. The second-order valence-corrected chi connectivity index (χ2v) is 4.78. The van der Waals surface area contributed by atoms with Gasteiger partial charge in [-0.05, 0) is 24.6 Å². The average Bonchev–Trinajstić information content (AvgIpc) is 2.48. The number of carbonyl (C=O) groups excluding carboxylic acids is 1. The van der Waals surface area contributed by atoms with Gasteiger partial charge in [0.25, 0.3) is 0 Å². The molecule has 118 valence electrons. The van der Waals surface area contributed by atoms with Crippen molar-refractivity contribution in [2.24, 2.45) is 0 Å². The highest BCUT2D eigenvalue weighted by Gasteiger charge is 2.16. The number of amides is 1. The van der Waals surface area contributed by atoms with Crippen LogP contribution in [-0.4, -0.2) is 38.3 Å². The Kier molecular flexibility index (Phi) is 8.12. The van der Waals surface area contributed by atoms with Gasteiger partial charge in [0, 0.05) is 25.6 Å². The summed E-state index contributed by atoms with van der Waals surface area (Å²) in [6.07, 6.45) is 0.455. The van der Waals surface area contributed by atoms with Crippen molar-refractivity contribution in [2.45, 2.75) is 25.9 Å². The minimum Gasteiger partial charge on any atom is -0.494 e. The Balaban J connectivity index is 0.00000220. The molecule has 0 saturated carbocycles. The van der Waals surface area contributed by atoms with E-state index in [2.05, 4.69) is 10.6 Å². The molecule has 1 aromatic carbocycles. The Bertz CT molecular complexity index is 419. The van der Waals surface area contributed by atoms with Crippen LogP contribution in [0.25, 0.3) is 0 Å². The van der Waals surface area contributed by atoms with Crippen molar-refractivity contribution in [2.75, 3.05) is 26.4 Å². The quantitative estimate of drug-likeness (QED) is 0.835. The van der Waals surface area contributed by atoms with Crippen LogP contribution in [0.5, 0.6) is 5.75 Å². The van der Waals surface area contributed by atoms with Crippen LogP contribution in [-0.2, 0) is 16.1 Å². The molecule has 0 aromatic heterocycles. The lowest BCUT2D eigenvalue weighted by molar-refractivity contribution is -0.122. The standard InChI is InChI=1S/C15H22N2O3.ClH/c1-2-20-14-5-3-12(4-6-14)10-17-15(18)9-13-11-19-8-7-16-13;/h3-6,13,16H,2,7-11H2,1H3,(H,17,18);1H. The normalized spacial score (nSPS) is 17.7. The van der Waals surface area contributed by atoms with Crippen molar-refractivity contribution < 1.29 is 14.3 Å². The lowest BCUT2D eigenvalue weighted by Crippen LogP contribution is -2.44. The zero-order chi connectivity index (χ0) is 14.2. The molecule has 0 aliphatic carbocycles. The topological polar surface area (TPSA) is 59.6 Å². The van der Waals surface area contributed by atoms with Crippen LogP contribution in [0.2, 0.25) is 0 Å². The summed E-state index contributed by atoms with van der Waals surface area (Å²) >= 11 is 0. The van der Waals surface area contributed by atoms with Gasteiger partial charge in [0.15, 0.2) is 0 Å². The SMILES string of the molecule is CCOc1ccc(CNC(=O)CC2COCCN2)cc1.Cl. The van der Waals surface area contributed by atoms with Crippen molar-refractivity contribution in [3.8, 4) is 5.75 Å². The number of nitrogens with one attached hydrogen (secondary N) is 2. The van der Waals surface area contributed by atoms with E-state index in [1.165, 1.54) is 0 Å². The summed E-state index contributed by atoms with van der Waals surface area (Å²) in [4.78, 5) is 11.8. The maximum atomic E-state index is 11.8. The summed E-state index contributed by atoms with van der Waals surface area (Å²) in [6, 6.07) is 7.90. The van der Waals surface area contributed by atoms with Crippen LogP contribution in [0, 0.1) is 0 Å². The first kappa shape index (κ1) is 17.8. The lowest BCUT2D eigenvalue weighted by atomic mass is 10.1. The molecule has 6 heteroatoms. The van der Waals surface area contributed by atoms with Crippen molar-refractivity contribution in [1.29, 1.82) is 0 Å². The van der Waals surface area contributed by atoms with Gasteiger partial charge in [-0.25, -0.2) is 0 Å². The van der Waals surface area contributed by atoms with Crippen molar-refractivity contribution in [3.05, 3.63) is 29.8 Å². The van der Waals surface area contributed by atoms with E-state index in [-0.39, 0.29) is 24.4 Å². The van der Waals surface area contributed by atoms with Crippen molar-refractivity contribution in [1.82, 2.24) is 10.6 Å². The minimum atomic E-state index is 0. The minimum absolute atomic E-state index is 0. The molecule has 1 aliphatic rings. The maximum absolute atomic E-state index is 11.8. The van der Waals surface area contributed by atoms with Crippen LogP contribution in [0.15, 0.2) is 24.3 Å². The van der Waals surface area contributed by atoms with Gasteiger partial charge >= 0.3 is 0 Å². The largest absolute Gasteiger partial charge is 0.494 e. The fraction of sp³-hybridized carbons (Fsp3) is 0.533. The van der Waals surface area contributed by atoms with Crippen LogP contribution < -0.4 is 15.4 Å². The lowest BCUT2D eigenvalue weighted by Gasteiger charge is -2.23. The number of halogens is 1. The fourth-order valence-corrected chi connectivity index (χ4v) is 2.12. The molecular weight excluding hydrogens is 292 g/mol. The molecule has 1 fully saturated rings. The van der Waals surface area contributed by atoms with Crippen LogP contribution in [0.1, 0.15) is 18.9 Å². The molecule has 1 heterocycles. The Morgan fingerprint density at radius 3 is 2.81 bits per heavy atom. The molecule has 1 amide bonds. The summed E-state index contributed by atoms with van der Waals surface area (Å²) in [5, 5.41) is 6.19. The van der Waals surface area contributed by atoms with E-state index in [0.717, 1.165) is 24.5 Å².